The average molecular weight is 709 g/mol. The normalized spacial score (nSPS) is 17.9. The molecule has 6 aromatic carbocycles. The Bertz CT molecular complexity index is 2070. The van der Waals surface area contributed by atoms with Crippen molar-refractivity contribution >= 4 is 46.4 Å². The maximum atomic E-state index is 6.85. The van der Waals surface area contributed by atoms with Crippen LogP contribution in [0, 0.1) is 0 Å². The molecule has 0 N–H and O–H groups in total. The van der Waals surface area contributed by atoms with Crippen molar-refractivity contribution in [2.45, 2.75) is 19.3 Å². The van der Waals surface area contributed by atoms with E-state index in [0.29, 0.717) is 26.4 Å². The van der Waals surface area contributed by atoms with Gasteiger partial charge >= 0.3 is 303 Å². The molecule has 0 bridgehead atoms. The van der Waals surface area contributed by atoms with Crippen molar-refractivity contribution in [1.29, 1.82) is 0 Å². The van der Waals surface area contributed by atoms with Crippen LogP contribution in [0.4, 0.5) is 0 Å². The SMILES string of the molecule is c1ccc(P(c2ccccc2)c2ccc3c(c2-c2c(P4(c5ccccc5)(c5ccccc5)CCCCC4)ccc4c2OCCO4)OCCO3)cc1. The van der Waals surface area contributed by atoms with Gasteiger partial charge in [0, 0.05) is 0 Å². The molecule has 3 heterocycles. The second kappa shape index (κ2) is 13.5. The predicted octanol–water partition coefficient (Wildman–Crippen LogP) is 7.67. The molecule has 1 fully saturated rings. The summed E-state index contributed by atoms with van der Waals surface area (Å²) in [5.74, 6) is 3.19. The van der Waals surface area contributed by atoms with Crippen LogP contribution < -0.4 is 50.8 Å². The molecule has 0 aromatic heterocycles. The minimum absolute atomic E-state index is 0.487. The molecule has 0 radical (unpaired) electrons. The first-order valence-corrected chi connectivity index (χ1v) is 22.1. The van der Waals surface area contributed by atoms with E-state index in [2.05, 4.69) is 146 Å². The summed E-state index contributed by atoms with van der Waals surface area (Å²) in [4.78, 5) is 0. The van der Waals surface area contributed by atoms with Crippen LogP contribution in [0.1, 0.15) is 19.3 Å². The van der Waals surface area contributed by atoms with E-state index < -0.39 is 14.5 Å². The molecule has 256 valence electrons. The molecule has 4 nitrogen and oxygen atoms in total. The van der Waals surface area contributed by atoms with Crippen LogP contribution in [0.2, 0.25) is 0 Å². The van der Waals surface area contributed by atoms with Gasteiger partial charge < -0.3 is 0 Å². The number of rotatable bonds is 7. The van der Waals surface area contributed by atoms with Gasteiger partial charge in [-0.05, 0) is 0 Å². The average Bonchev–Trinajstić information content (AvgIpc) is 3.22. The fraction of sp³-hybridized carbons (Fsp3) is 0.200. The standard InChI is InChI=1S/C45H42O4P2/c1-6-16-34(17-7-1)50(35-18-8-2-9-19-35)40-26-24-38-44(48-30-28-46-38)42(40)43-41(27-25-39-45(43)49-31-29-47-39)51(32-14-5-15-33-51,36-20-10-3-11-21-36)37-22-12-4-13-23-37/h1-4,6-13,16-27H,5,14-15,28-33H2. The van der Waals surface area contributed by atoms with Gasteiger partial charge in [-0.2, -0.15) is 0 Å². The summed E-state index contributed by atoms with van der Waals surface area (Å²) in [5, 5.41) is 8.02. The molecule has 0 spiro atoms. The van der Waals surface area contributed by atoms with Crippen LogP contribution in [0.5, 0.6) is 23.0 Å². The molecule has 0 aliphatic carbocycles. The predicted molar refractivity (Wildman–Crippen MR) is 215 cm³/mol. The Labute approximate surface area is 302 Å². The van der Waals surface area contributed by atoms with E-state index in [0.717, 1.165) is 59.3 Å². The van der Waals surface area contributed by atoms with Crippen LogP contribution in [0.25, 0.3) is 11.1 Å². The van der Waals surface area contributed by atoms with Crippen molar-refractivity contribution in [2.75, 3.05) is 38.8 Å². The fourth-order valence-electron chi connectivity index (χ4n) is 8.88. The number of ether oxygens (including phenoxy) is 4. The summed E-state index contributed by atoms with van der Waals surface area (Å²) < 4.78 is 26.5. The summed E-state index contributed by atoms with van der Waals surface area (Å²) in [6.45, 7) is -1.16. The first-order chi connectivity index (χ1) is 25.3. The van der Waals surface area contributed by atoms with Crippen LogP contribution in [-0.2, 0) is 0 Å². The van der Waals surface area contributed by atoms with E-state index in [4.69, 9.17) is 18.9 Å². The number of hydrogen-bond acceptors (Lipinski definition) is 4. The van der Waals surface area contributed by atoms with E-state index in [1.807, 2.05) is 0 Å². The molecule has 1 saturated heterocycles. The molecule has 3 aliphatic heterocycles. The molecule has 3 aliphatic rings. The van der Waals surface area contributed by atoms with Gasteiger partial charge in [0.25, 0.3) is 0 Å². The quantitative estimate of drug-likeness (QED) is 0.160. The number of fused-ring (bicyclic) bond motifs is 2. The van der Waals surface area contributed by atoms with E-state index in [1.165, 1.54) is 38.2 Å². The Morgan fingerprint density at radius 2 is 0.863 bits per heavy atom. The zero-order chi connectivity index (χ0) is 34.1. The molecule has 51 heavy (non-hydrogen) atoms. The second-order valence-corrected chi connectivity index (χ2v) is 21.3. The summed E-state index contributed by atoms with van der Waals surface area (Å²) in [6.07, 6.45) is 5.75. The Kier molecular flexibility index (Phi) is 8.55. The number of benzene rings is 6. The van der Waals surface area contributed by atoms with Gasteiger partial charge in [-0.3, -0.25) is 0 Å². The number of hydrogen-bond donors (Lipinski definition) is 0. The van der Waals surface area contributed by atoms with Crippen molar-refractivity contribution in [1.82, 2.24) is 0 Å². The van der Waals surface area contributed by atoms with Crippen molar-refractivity contribution < 1.29 is 18.9 Å². The Morgan fingerprint density at radius 3 is 1.39 bits per heavy atom. The van der Waals surface area contributed by atoms with Crippen molar-refractivity contribution in [3.05, 3.63) is 146 Å². The molecule has 6 aromatic rings. The van der Waals surface area contributed by atoms with E-state index >= 15 is 0 Å². The van der Waals surface area contributed by atoms with Crippen LogP contribution in [-0.4, -0.2) is 38.8 Å². The third-order valence-corrected chi connectivity index (χ3v) is 20.8. The Hall–Kier alpha value is -4.62. The molecular formula is C45H42O4P2. The minimum atomic E-state index is -3.17. The van der Waals surface area contributed by atoms with E-state index in [9.17, 15) is 0 Å². The molecule has 6 heteroatoms. The van der Waals surface area contributed by atoms with E-state index in [1.54, 1.807) is 0 Å². The van der Waals surface area contributed by atoms with Gasteiger partial charge in [0.05, 0.1) is 0 Å². The van der Waals surface area contributed by atoms with Crippen LogP contribution >= 0.6 is 14.5 Å². The summed E-state index contributed by atoms with van der Waals surface area (Å²) in [7, 11) is -1.01. The van der Waals surface area contributed by atoms with Gasteiger partial charge in [-0.1, -0.05) is 0 Å². The molecule has 9 rings (SSSR count). The maximum absolute atomic E-state index is 6.85. The van der Waals surface area contributed by atoms with Crippen molar-refractivity contribution in [3.8, 4) is 34.1 Å². The first kappa shape index (κ1) is 32.3. The molecule has 0 atom stereocenters. The fourth-order valence-corrected chi connectivity index (χ4v) is 18.7. The van der Waals surface area contributed by atoms with Crippen molar-refractivity contribution in [2.24, 2.45) is 0 Å². The second-order valence-electron chi connectivity index (χ2n) is 13.7. The summed E-state index contributed by atoms with van der Waals surface area (Å²) in [6, 6.07) is 53.8. The third kappa shape index (κ3) is 5.26. The molecule has 0 unspecified atom stereocenters. The topological polar surface area (TPSA) is 36.9 Å². The first-order valence-electron chi connectivity index (χ1n) is 18.2. The van der Waals surface area contributed by atoms with Crippen molar-refractivity contribution in [3.63, 3.8) is 0 Å². The zero-order valence-corrected chi connectivity index (χ0v) is 30.5. The van der Waals surface area contributed by atoms with Gasteiger partial charge in [-0.25, -0.2) is 0 Å². The van der Waals surface area contributed by atoms with Crippen LogP contribution in [0.15, 0.2) is 146 Å². The van der Waals surface area contributed by atoms with Crippen LogP contribution in [0.3, 0.4) is 0 Å². The molecule has 0 saturated carbocycles. The van der Waals surface area contributed by atoms with Gasteiger partial charge in [-0.15, -0.1) is 0 Å². The molecular weight excluding hydrogens is 666 g/mol. The third-order valence-electron chi connectivity index (χ3n) is 11.0. The summed E-state index contributed by atoms with van der Waals surface area (Å²) in [5.41, 5.74) is 2.18. The monoisotopic (exact) mass is 708 g/mol. The van der Waals surface area contributed by atoms with Gasteiger partial charge in [0.1, 0.15) is 0 Å². The van der Waals surface area contributed by atoms with Gasteiger partial charge in [0.2, 0.25) is 0 Å². The Balaban J connectivity index is 1.46. The summed E-state index contributed by atoms with van der Waals surface area (Å²) >= 11 is 0. The zero-order valence-electron chi connectivity index (χ0n) is 28.7. The van der Waals surface area contributed by atoms with Gasteiger partial charge in [0.15, 0.2) is 0 Å². The van der Waals surface area contributed by atoms with E-state index in [-0.39, 0.29) is 0 Å². The Morgan fingerprint density at radius 1 is 0.412 bits per heavy atom. The molecule has 0 amide bonds.